The molecule has 4 nitrogen and oxygen atoms in total. The van der Waals surface area contributed by atoms with Crippen LogP contribution in [0.15, 0.2) is 30.5 Å². The fourth-order valence-corrected chi connectivity index (χ4v) is 1.53. The van der Waals surface area contributed by atoms with Crippen LogP contribution in [0.25, 0.3) is 10.9 Å². The third-order valence-corrected chi connectivity index (χ3v) is 2.36. The highest BCUT2D eigenvalue weighted by molar-refractivity contribution is 6.31. The van der Waals surface area contributed by atoms with Crippen LogP contribution < -0.4 is 4.90 Å². The zero-order valence-corrected chi connectivity index (χ0v) is 8.23. The van der Waals surface area contributed by atoms with Crippen molar-refractivity contribution in [3.8, 4) is 0 Å². The van der Waals surface area contributed by atoms with E-state index < -0.39 is 5.91 Å². The Morgan fingerprint density at radius 1 is 1.40 bits per heavy atom. The Morgan fingerprint density at radius 2 is 2.13 bits per heavy atom. The fraction of sp³-hybridized carbons (Fsp3) is 0.0909. The summed E-state index contributed by atoms with van der Waals surface area (Å²) < 4.78 is 0. The van der Waals surface area contributed by atoms with Gasteiger partial charge in [0.15, 0.2) is 0 Å². The van der Waals surface area contributed by atoms with E-state index in [0.29, 0.717) is 12.0 Å². The molecule has 0 atom stereocenters. The minimum absolute atomic E-state index is 0.307. The van der Waals surface area contributed by atoms with Gasteiger partial charge >= 0.3 is 0 Å². The summed E-state index contributed by atoms with van der Waals surface area (Å²) >= 11 is 0. The number of para-hydroxylation sites is 1. The first kappa shape index (κ1) is 9.45. The third kappa shape index (κ3) is 1.50. The van der Waals surface area contributed by atoms with Crippen molar-refractivity contribution in [2.24, 2.45) is 0 Å². The number of likely N-dealkylation sites (N-methyl/N-ethyl adjacent to an activating group) is 1. The number of carbonyl (C=O) groups is 2. The Balaban J connectivity index is 2.52. The molecule has 1 heterocycles. The normalized spacial score (nSPS) is 10.2. The SMILES string of the molecule is CN(C(=O)C=O)c1c[nH]c2ccccc12. The van der Waals surface area contributed by atoms with Gasteiger partial charge in [0.1, 0.15) is 0 Å². The van der Waals surface area contributed by atoms with Gasteiger partial charge in [-0.2, -0.15) is 0 Å². The van der Waals surface area contributed by atoms with Crippen LogP contribution in [-0.4, -0.2) is 24.2 Å². The van der Waals surface area contributed by atoms with E-state index in [1.165, 1.54) is 4.90 Å². The molecule has 0 spiro atoms. The highest BCUT2D eigenvalue weighted by Gasteiger charge is 2.13. The number of nitrogens with zero attached hydrogens (tertiary/aromatic N) is 1. The smallest absolute Gasteiger partial charge is 0.290 e. The van der Waals surface area contributed by atoms with Gasteiger partial charge in [0.25, 0.3) is 5.91 Å². The van der Waals surface area contributed by atoms with Crippen LogP contribution in [0.2, 0.25) is 0 Å². The van der Waals surface area contributed by atoms with Gasteiger partial charge in [-0.05, 0) is 6.07 Å². The van der Waals surface area contributed by atoms with Crippen LogP contribution in [0.4, 0.5) is 5.69 Å². The van der Waals surface area contributed by atoms with E-state index in [1.807, 2.05) is 24.3 Å². The molecule has 1 aromatic carbocycles. The van der Waals surface area contributed by atoms with Crippen molar-refractivity contribution < 1.29 is 9.59 Å². The molecule has 0 bridgehead atoms. The second kappa shape index (κ2) is 3.57. The Labute approximate surface area is 86.5 Å². The lowest BCUT2D eigenvalue weighted by Gasteiger charge is -2.11. The average Bonchev–Trinajstić information content (AvgIpc) is 2.70. The van der Waals surface area contributed by atoms with Crippen molar-refractivity contribution in [3.05, 3.63) is 30.5 Å². The van der Waals surface area contributed by atoms with E-state index in [0.717, 1.165) is 10.9 Å². The molecule has 4 heteroatoms. The number of rotatable bonds is 2. The zero-order chi connectivity index (χ0) is 10.8. The first-order chi connectivity index (χ1) is 7.24. The van der Waals surface area contributed by atoms with Gasteiger partial charge in [0.05, 0.1) is 5.69 Å². The van der Waals surface area contributed by atoms with Gasteiger partial charge in [-0.3, -0.25) is 9.59 Å². The highest BCUT2D eigenvalue weighted by atomic mass is 16.2. The largest absolute Gasteiger partial charge is 0.359 e. The monoisotopic (exact) mass is 202 g/mol. The fourth-order valence-electron chi connectivity index (χ4n) is 1.53. The summed E-state index contributed by atoms with van der Waals surface area (Å²) in [6.45, 7) is 0. The van der Waals surface area contributed by atoms with Crippen LogP contribution in [0.1, 0.15) is 0 Å². The Hall–Kier alpha value is -2.10. The van der Waals surface area contributed by atoms with Crippen molar-refractivity contribution in [2.75, 3.05) is 11.9 Å². The number of hydrogen-bond donors (Lipinski definition) is 1. The van der Waals surface area contributed by atoms with E-state index in [4.69, 9.17) is 0 Å². The van der Waals surface area contributed by atoms with Crippen molar-refractivity contribution in [1.29, 1.82) is 0 Å². The summed E-state index contributed by atoms with van der Waals surface area (Å²) in [7, 11) is 1.58. The number of benzene rings is 1. The van der Waals surface area contributed by atoms with E-state index in [-0.39, 0.29) is 0 Å². The number of hydrogen-bond acceptors (Lipinski definition) is 2. The molecule has 1 N–H and O–H groups in total. The van der Waals surface area contributed by atoms with Gasteiger partial charge in [-0.15, -0.1) is 0 Å². The number of amides is 1. The molecular formula is C11H10N2O2. The number of aldehydes is 1. The van der Waals surface area contributed by atoms with Crippen LogP contribution >= 0.6 is 0 Å². The van der Waals surface area contributed by atoms with E-state index >= 15 is 0 Å². The Morgan fingerprint density at radius 3 is 2.87 bits per heavy atom. The maximum Gasteiger partial charge on any atom is 0.290 e. The highest BCUT2D eigenvalue weighted by Crippen LogP contribution is 2.25. The molecule has 1 amide bonds. The molecule has 15 heavy (non-hydrogen) atoms. The predicted molar refractivity (Wildman–Crippen MR) is 57.8 cm³/mol. The lowest BCUT2D eigenvalue weighted by molar-refractivity contribution is -0.129. The summed E-state index contributed by atoms with van der Waals surface area (Å²) in [5, 5.41) is 0.926. The summed E-state index contributed by atoms with van der Waals surface area (Å²) in [6, 6.07) is 7.61. The molecule has 0 saturated heterocycles. The van der Waals surface area contributed by atoms with Crippen molar-refractivity contribution in [2.45, 2.75) is 0 Å². The molecule has 0 fully saturated rings. The summed E-state index contributed by atoms with van der Waals surface area (Å²) in [5.74, 6) is -0.556. The molecule has 0 saturated carbocycles. The van der Waals surface area contributed by atoms with Crippen LogP contribution in [0.5, 0.6) is 0 Å². The quantitative estimate of drug-likeness (QED) is 0.590. The summed E-state index contributed by atoms with van der Waals surface area (Å²) in [4.78, 5) is 25.9. The first-order valence-corrected chi connectivity index (χ1v) is 4.53. The lowest BCUT2D eigenvalue weighted by atomic mass is 10.2. The van der Waals surface area contributed by atoms with Crippen LogP contribution in [0.3, 0.4) is 0 Å². The van der Waals surface area contributed by atoms with Crippen molar-refractivity contribution in [1.82, 2.24) is 4.98 Å². The molecule has 1 aromatic heterocycles. The van der Waals surface area contributed by atoms with Gasteiger partial charge in [0, 0.05) is 24.1 Å². The topological polar surface area (TPSA) is 53.2 Å². The predicted octanol–water partition coefficient (Wildman–Crippen LogP) is 1.33. The number of anilines is 1. The number of carbonyl (C=O) groups excluding carboxylic acids is 2. The molecule has 0 unspecified atom stereocenters. The average molecular weight is 202 g/mol. The minimum atomic E-state index is -0.556. The number of aromatic amines is 1. The molecule has 76 valence electrons. The number of fused-ring (bicyclic) bond motifs is 1. The molecule has 0 radical (unpaired) electrons. The second-order valence-corrected chi connectivity index (χ2v) is 3.23. The zero-order valence-electron chi connectivity index (χ0n) is 8.23. The van der Waals surface area contributed by atoms with Crippen molar-refractivity contribution in [3.63, 3.8) is 0 Å². The van der Waals surface area contributed by atoms with Gasteiger partial charge in [-0.1, -0.05) is 18.2 Å². The Bertz CT molecular complexity index is 516. The maximum atomic E-state index is 11.2. The molecule has 0 aliphatic heterocycles. The molecule has 0 aliphatic carbocycles. The number of aromatic nitrogens is 1. The van der Waals surface area contributed by atoms with E-state index in [9.17, 15) is 9.59 Å². The second-order valence-electron chi connectivity index (χ2n) is 3.23. The third-order valence-electron chi connectivity index (χ3n) is 2.36. The molecule has 2 aromatic rings. The number of H-pyrrole nitrogens is 1. The first-order valence-electron chi connectivity index (χ1n) is 4.53. The van der Waals surface area contributed by atoms with Crippen molar-refractivity contribution >= 4 is 28.8 Å². The summed E-state index contributed by atoms with van der Waals surface area (Å²) in [6.07, 6.45) is 2.02. The van der Waals surface area contributed by atoms with Gasteiger partial charge < -0.3 is 9.88 Å². The maximum absolute atomic E-state index is 11.2. The van der Waals surface area contributed by atoms with E-state index in [2.05, 4.69) is 4.98 Å². The van der Waals surface area contributed by atoms with E-state index in [1.54, 1.807) is 13.2 Å². The molecule has 0 aliphatic rings. The minimum Gasteiger partial charge on any atom is -0.359 e. The van der Waals surface area contributed by atoms with Crippen LogP contribution in [-0.2, 0) is 9.59 Å². The standard InChI is InChI=1S/C11H10N2O2/c1-13(11(15)7-14)10-6-12-9-5-3-2-4-8(9)10/h2-7,12H,1H3. The number of nitrogens with one attached hydrogen (secondary N) is 1. The molecule has 2 rings (SSSR count). The van der Waals surface area contributed by atoms with Gasteiger partial charge in [0.2, 0.25) is 6.29 Å². The van der Waals surface area contributed by atoms with Gasteiger partial charge in [-0.25, -0.2) is 0 Å². The molecular weight excluding hydrogens is 192 g/mol. The lowest BCUT2D eigenvalue weighted by Crippen LogP contribution is -2.26. The summed E-state index contributed by atoms with van der Waals surface area (Å²) in [5.41, 5.74) is 1.65. The van der Waals surface area contributed by atoms with Crippen LogP contribution in [0, 0.1) is 0 Å². The Kier molecular flexibility index (Phi) is 2.25.